The summed E-state index contributed by atoms with van der Waals surface area (Å²) in [5, 5.41) is 19.4. The molecule has 1 atom stereocenters. The lowest BCUT2D eigenvalue weighted by Gasteiger charge is -2.12. The van der Waals surface area contributed by atoms with Crippen LogP contribution in [0.1, 0.15) is 13.8 Å². The van der Waals surface area contributed by atoms with Crippen LogP contribution in [-0.2, 0) is 4.79 Å². The van der Waals surface area contributed by atoms with Gasteiger partial charge in [-0.15, -0.1) is 0 Å². The van der Waals surface area contributed by atoms with E-state index in [4.69, 9.17) is 4.74 Å². The zero-order chi connectivity index (χ0) is 16.1. The van der Waals surface area contributed by atoms with Crippen molar-refractivity contribution in [3.63, 3.8) is 0 Å². The van der Waals surface area contributed by atoms with Crippen LogP contribution in [0.4, 0.5) is 0 Å². The van der Waals surface area contributed by atoms with E-state index in [0.29, 0.717) is 11.1 Å². The lowest BCUT2D eigenvalue weighted by atomic mass is 10.0. The summed E-state index contributed by atoms with van der Waals surface area (Å²) >= 11 is 0. The van der Waals surface area contributed by atoms with Gasteiger partial charge in [-0.25, -0.2) is 4.79 Å². The molecule has 0 spiro atoms. The summed E-state index contributed by atoms with van der Waals surface area (Å²) in [5.41, 5.74) is 1.51. The molecule has 1 unspecified atom stereocenters. The van der Waals surface area contributed by atoms with Crippen LogP contribution in [0.2, 0.25) is 0 Å². The first kappa shape index (κ1) is 15.8. The number of carbonyl (C=O) groups is 1. The van der Waals surface area contributed by atoms with Gasteiger partial charge in [-0.05, 0) is 37.6 Å². The van der Waals surface area contributed by atoms with Gasteiger partial charge in [-0.1, -0.05) is 36.4 Å². The molecule has 22 heavy (non-hydrogen) atoms. The average Bonchev–Trinajstić information content (AvgIpc) is 2.47. The molecule has 0 radical (unpaired) electrons. The highest BCUT2D eigenvalue weighted by Crippen LogP contribution is 2.37. The van der Waals surface area contributed by atoms with Gasteiger partial charge in [0.1, 0.15) is 11.5 Å². The number of hydrogen-bond acceptors (Lipinski definition) is 4. The van der Waals surface area contributed by atoms with Crippen molar-refractivity contribution in [3.8, 4) is 22.6 Å². The molecule has 4 nitrogen and oxygen atoms in total. The standard InChI is InChI=1S/C18H18O4/c1-12(11-13(2)19)18(21)22-16-10-6-9-15(20)17(16)14-7-4-3-5-8-14/h3-11,13,19-20H,1-2H3/b12-11+. The number of carbonyl (C=O) groups excluding carboxylic acids is 1. The molecule has 0 amide bonds. The highest BCUT2D eigenvalue weighted by molar-refractivity contribution is 5.91. The number of aliphatic hydroxyl groups excluding tert-OH is 1. The number of aliphatic hydroxyl groups is 1. The zero-order valence-electron chi connectivity index (χ0n) is 12.5. The van der Waals surface area contributed by atoms with Crippen LogP contribution in [0.5, 0.6) is 11.5 Å². The molecule has 0 fully saturated rings. The zero-order valence-corrected chi connectivity index (χ0v) is 12.5. The van der Waals surface area contributed by atoms with Gasteiger partial charge in [0.2, 0.25) is 0 Å². The maximum atomic E-state index is 12.1. The number of phenolic OH excluding ortho intramolecular Hbond substituents is 1. The highest BCUT2D eigenvalue weighted by Gasteiger charge is 2.15. The Morgan fingerprint density at radius 3 is 2.45 bits per heavy atom. The van der Waals surface area contributed by atoms with E-state index in [1.54, 1.807) is 26.0 Å². The van der Waals surface area contributed by atoms with Crippen molar-refractivity contribution in [3.05, 3.63) is 60.2 Å². The second kappa shape index (κ2) is 6.91. The summed E-state index contributed by atoms with van der Waals surface area (Å²) in [6.45, 7) is 3.13. The fourth-order valence-electron chi connectivity index (χ4n) is 2.11. The Morgan fingerprint density at radius 2 is 1.82 bits per heavy atom. The fourth-order valence-corrected chi connectivity index (χ4v) is 2.11. The van der Waals surface area contributed by atoms with Gasteiger partial charge < -0.3 is 14.9 Å². The molecule has 2 aromatic rings. The van der Waals surface area contributed by atoms with Crippen LogP contribution in [0.25, 0.3) is 11.1 Å². The third-order valence-corrected chi connectivity index (χ3v) is 3.08. The number of esters is 1. The molecule has 0 heterocycles. The minimum absolute atomic E-state index is 0.0358. The van der Waals surface area contributed by atoms with E-state index in [0.717, 1.165) is 5.56 Å². The van der Waals surface area contributed by atoms with Crippen molar-refractivity contribution in [2.45, 2.75) is 20.0 Å². The first-order chi connectivity index (χ1) is 10.5. The van der Waals surface area contributed by atoms with Gasteiger partial charge in [-0.2, -0.15) is 0 Å². The smallest absolute Gasteiger partial charge is 0.338 e. The van der Waals surface area contributed by atoms with E-state index < -0.39 is 12.1 Å². The van der Waals surface area contributed by atoms with Crippen LogP contribution >= 0.6 is 0 Å². The molecule has 0 aromatic heterocycles. The second-order valence-electron chi connectivity index (χ2n) is 5.00. The van der Waals surface area contributed by atoms with Crippen molar-refractivity contribution in [1.82, 2.24) is 0 Å². The number of hydrogen-bond donors (Lipinski definition) is 2. The predicted octanol–water partition coefficient (Wildman–Crippen LogP) is 3.29. The molecule has 2 N–H and O–H groups in total. The van der Waals surface area contributed by atoms with E-state index in [2.05, 4.69) is 0 Å². The van der Waals surface area contributed by atoms with Crippen molar-refractivity contribution in [2.75, 3.05) is 0 Å². The van der Waals surface area contributed by atoms with Crippen molar-refractivity contribution in [1.29, 1.82) is 0 Å². The maximum absolute atomic E-state index is 12.1. The molecule has 114 valence electrons. The molecule has 4 heteroatoms. The number of aromatic hydroxyl groups is 1. The third kappa shape index (κ3) is 3.74. The SMILES string of the molecule is C/C(=C\C(C)O)C(=O)Oc1cccc(O)c1-c1ccccc1. The quantitative estimate of drug-likeness (QED) is 0.516. The fraction of sp³-hybridized carbons (Fsp3) is 0.167. The number of rotatable bonds is 4. The maximum Gasteiger partial charge on any atom is 0.338 e. The molecule has 0 aliphatic carbocycles. The Labute approximate surface area is 129 Å². The lowest BCUT2D eigenvalue weighted by Crippen LogP contribution is -2.12. The number of benzene rings is 2. The van der Waals surface area contributed by atoms with Crippen LogP contribution in [0.3, 0.4) is 0 Å². The van der Waals surface area contributed by atoms with E-state index in [1.807, 2.05) is 30.3 Å². The summed E-state index contributed by atoms with van der Waals surface area (Å²) in [7, 11) is 0. The van der Waals surface area contributed by atoms with Crippen molar-refractivity contribution < 1.29 is 19.7 Å². The van der Waals surface area contributed by atoms with Gasteiger partial charge in [-0.3, -0.25) is 0 Å². The van der Waals surface area contributed by atoms with E-state index in [-0.39, 0.29) is 11.5 Å². The Balaban J connectivity index is 2.37. The molecular formula is C18H18O4. The van der Waals surface area contributed by atoms with Gasteiger partial charge in [0, 0.05) is 5.57 Å². The van der Waals surface area contributed by atoms with Crippen LogP contribution in [-0.4, -0.2) is 22.3 Å². The van der Waals surface area contributed by atoms with E-state index >= 15 is 0 Å². The van der Waals surface area contributed by atoms with Crippen molar-refractivity contribution in [2.24, 2.45) is 0 Å². The van der Waals surface area contributed by atoms with Gasteiger partial charge >= 0.3 is 5.97 Å². The molecule has 0 saturated carbocycles. The Kier molecular flexibility index (Phi) is 4.96. The van der Waals surface area contributed by atoms with Gasteiger partial charge in [0.05, 0.1) is 11.7 Å². The Bertz CT molecular complexity index is 687. The molecular weight excluding hydrogens is 280 g/mol. The van der Waals surface area contributed by atoms with Gasteiger partial charge in [0.25, 0.3) is 0 Å². The molecule has 0 saturated heterocycles. The van der Waals surface area contributed by atoms with E-state index in [9.17, 15) is 15.0 Å². The van der Waals surface area contributed by atoms with E-state index in [1.165, 1.54) is 12.1 Å². The normalized spacial score (nSPS) is 12.8. The average molecular weight is 298 g/mol. The monoisotopic (exact) mass is 298 g/mol. The summed E-state index contributed by atoms with van der Waals surface area (Å²) in [5.74, 6) is -0.258. The predicted molar refractivity (Wildman–Crippen MR) is 84.6 cm³/mol. The topological polar surface area (TPSA) is 66.8 Å². The van der Waals surface area contributed by atoms with Crippen LogP contribution in [0.15, 0.2) is 60.2 Å². The third-order valence-electron chi connectivity index (χ3n) is 3.08. The summed E-state index contributed by atoms with van der Waals surface area (Å²) in [6, 6.07) is 14.0. The van der Waals surface area contributed by atoms with Crippen molar-refractivity contribution >= 4 is 5.97 Å². The number of ether oxygens (including phenoxy) is 1. The minimum atomic E-state index is -0.731. The first-order valence-corrected chi connectivity index (χ1v) is 6.95. The Hall–Kier alpha value is -2.59. The lowest BCUT2D eigenvalue weighted by molar-refractivity contribution is -0.130. The molecule has 0 bridgehead atoms. The minimum Gasteiger partial charge on any atom is -0.507 e. The first-order valence-electron chi connectivity index (χ1n) is 6.95. The van der Waals surface area contributed by atoms with Crippen LogP contribution < -0.4 is 4.74 Å². The molecule has 2 rings (SSSR count). The second-order valence-corrected chi connectivity index (χ2v) is 5.00. The Morgan fingerprint density at radius 1 is 1.14 bits per heavy atom. The number of phenols is 1. The van der Waals surface area contributed by atoms with Gasteiger partial charge in [0.15, 0.2) is 0 Å². The highest BCUT2D eigenvalue weighted by atomic mass is 16.5. The van der Waals surface area contributed by atoms with Crippen LogP contribution in [0, 0.1) is 0 Å². The largest absolute Gasteiger partial charge is 0.507 e. The molecule has 0 aliphatic rings. The summed E-state index contributed by atoms with van der Waals surface area (Å²) in [4.78, 5) is 12.1. The molecule has 0 aliphatic heterocycles. The molecule has 2 aromatic carbocycles. The summed E-state index contributed by atoms with van der Waals surface area (Å²) in [6.07, 6.45) is 0.679. The summed E-state index contributed by atoms with van der Waals surface area (Å²) < 4.78 is 5.37.